The monoisotopic (exact) mass is 288 g/mol. The van der Waals surface area contributed by atoms with E-state index in [2.05, 4.69) is 15.9 Å². The summed E-state index contributed by atoms with van der Waals surface area (Å²) in [6.45, 7) is 3.01. The zero-order chi connectivity index (χ0) is 12.0. The molecule has 0 aromatic heterocycles. The molecule has 0 amide bonds. The molecule has 1 atom stereocenters. The first-order valence-corrected chi connectivity index (χ1v) is 6.07. The Morgan fingerprint density at radius 3 is 2.81 bits per heavy atom. The van der Waals surface area contributed by atoms with E-state index in [1.54, 1.807) is 7.11 Å². The van der Waals surface area contributed by atoms with E-state index in [9.17, 15) is 5.11 Å². The Balaban J connectivity index is 2.69. The number of hydrogen-bond acceptors (Lipinski definition) is 3. The van der Waals surface area contributed by atoms with Gasteiger partial charge in [-0.05, 0) is 24.6 Å². The van der Waals surface area contributed by atoms with Crippen LogP contribution in [0.25, 0.3) is 0 Å². The van der Waals surface area contributed by atoms with Crippen molar-refractivity contribution in [2.24, 2.45) is 0 Å². The maximum absolute atomic E-state index is 9.94. The van der Waals surface area contributed by atoms with Gasteiger partial charge >= 0.3 is 0 Å². The van der Waals surface area contributed by atoms with Crippen molar-refractivity contribution in [1.82, 2.24) is 0 Å². The molecular weight excluding hydrogens is 272 g/mol. The molecule has 0 aliphatic rings. The van der Waals surface area contributed by atoms with Gasteiger partial charge in [-0.1, -0.05) is 22.9 Å². The molecule has 1 unspecified atom stereocenters. The molecular formula is C12H17BrO3. The fourth-order valence-corrected chi connectivity index (χ4v) is 1.84. The Kier molecular flexibility index (Phi) is 5.80. The molecule has 90 valence electrons. The standard InChI is InChI=1S/C12H17BrO3/c1-3-6-16-8-12(14)10-7-9(15-2)4-5-11(10)13/h4-5,7,12,14H,3,6,8H2,1-2H3. The van der Waals surface area contributed by atoms with E-state index in [0.29, 0.717) is 13.2 Å². The van der Waals surface area contributed by atoms with Crippen LogP contribution in [-0.4, -0.2) is 25.4 Å². The summed E-state index contributed by atoms with van der Waals surface area (Å²) in [6.07, 6.45) is 0.322. The first-order chi connectivity index (χ1) is 7.69. The molecule has 0 aliphatic heterocycles. The lowest BCUT2D eigenvalue weighted by Gasteiger charge is -2.14. The molecule has 0 heterocycles. The Morgan fingerprint density at radius 1 is 1.44 bits per heavy atom. The lowest BCUT2D eigenvalue weighted by atomic mass is 10.1. The van der Waals surface area contributed by atoms with Crippen molar-refractivity contribution < 1.29 is 14.6 Å². The predicted octanol–water partition coefficient (Wildman–Crippen LogP) is 2.92. The van der Waals surface area contributed by atoms with Crippen LogP contribution in [0.3, 0.4) is 0 Å². The fraction of sp³-hybridized carbons (Fsp3) is 0.500. The Bertz CT molecular complexity index is 328. The molecule has 4 heteroatoms. The minimum absolute atomic E-state index is 0.305. The summed E-state index contributed by atoms with van der Waals surface area (Å²) in [4.78, 5) is 0. The highest BCUT2D eigenvalue weighted by atomic mass is 79.9. The van der Waals surface area contributed by atoms with Crippen LogP contribution >= 0.6 is 15.9 Å². The Hall–Kier alpha value is -0.580. The molecule has 0 saturated carbocycles. The number of benzene rings is 1. The minimum atomic E-state index is -0.629. The summed E-state index contributed by atoms with van der Waals surface area (Å²) in [5.41, 5.74) is 0.787. The van der Waals surface area contributed by atoms with Crippen LogP contribution in [0.15, 0.2) is 22.7 Å². The third-order valence-electron chi connectivity index (χ3n) is 2.19. The first kappa shape index (κ1) is 13.5. The summed E-state index contributed by atoms with van der Waals surface area (Å²) in [5, 5.41) is 9.94. The zero-order valence-electron chi connectivity index (χ0n) is 9.57. The third kappa shape index (κ3) is 3.77. The quantitative estimate of drug-likeness (QED) is 0.818. The summed E-state index contributed by atoms with van der Waals surface area (Å²) in [6, 6.07) is 5.51. The molecule has 3 nitrogen and oxygen atoms in total. The van der Waals surface area contributed by atoms with Gasteiger partial charge < -0.3 is 14.6 Å². The third-order valence-corrected chi connectivity index (χ3v) is 2.91. The van der Waals surface area contributed by atoms with Crippen molar-refractivity contribution in [2.45, 2.75) is 19.4 Å². The second-order valence-electron chi connectivity index (χ2n) is 3.48. The number of rotatable bonds is 6. The van der Waals surface area contributed by atoms with Crippen molar-refractivity contribution in [3.8, 4) is 5.75 Å². The van der Waals surface area contributed by atoms with Gasteiger partial charge in [0.05, 0.1) is 13.7 Å². The van der Waals surface area contributed by atoms with Gasteiger partial charge in [0.1, 0.15) is 11.9 Å². The van der Waals surface area contributed by atoms with Crippen LogP contribution in [0.5, 0.6) is 5.75 Å². The van der Waals surface area contributed by atoms with Gasteiger partial charge in [0.15, 0.2) is 0 Å². The van der Waals surface area contributed by atoms with Gasteiger partial charge in [-0.3, -0.25) is 0 Å². The predicted molar refractivity (Wildman–Crippen MR) is 66.8 cm³/mol. The molecule has 1 aromatic carbocycles. The molecule has 1 N–H and O–H groups in total. The van der Waals surface area contributed by atoms with Crippen molar-refractivity contribution in [3.05, 3.63) is 28.2 Å². The number of aliphatic hydroxyl groups is 1. The topological polar surface area (TPSA) is 38.7 Å². The second kappa shape index (κ2) is 6.89. The lowest BCUT2D eigenvalue weighted by molar-refractivity contribution is 0.0359. The molecule has 0 fully saturated rings. The highest BCUT2D eigenvalue weighted by Crippen LogP contribution is 2.27. The van der Waals surface area contributed by atoms with Crippen LogP contribution in [0.1, 0.15) is 25.0 Å². The largest absolute Gasteiger partial charge is 0.497 e. The van der Waals surface area contributed by atoms with Gasteiger partial charge in [-0.15, -0.1) is 0 Å². The van der Waals surface area contributed by atoms with Gasteiger partial charge in [0, 0.05) is 16.6 Å². The fourth-order valence-electron chi connectivity index (χ4n) is 1.33. The number of halogens is 1. The Morgan fingerprint density at radius 2 is 2.19 bits per heavy atom. The summed E-state index contributed by atoms with van der Waals surface area (Å²) < 4.78 is 11.3. The summed E-state index contributed by atoms with van der Waals surface area (Å²) >= 11 is 3.40. The van der Waals surface area contributed by atoms with Gasteiger partial charge in [0.2, 0.25) is 0 Å². The van der Waals surface area contributed by atoms with Crippen LogP contribution < -0.4 is 4.74 Å². The first-order valence-electron chi connectivity index (χ1n) is 5.28. The van der Waals surface area contributed by atoms with Crippen molar-refractivity contribution in [3.63, 3.8) is 0 Å². The molecule has 0 aliphatic carbocycles. The van der Waals surface area contributed by atoms with Crippen molar-refractivity contribution in [2.75, 3.05) is 20.3 Å². The van der Waals surface area contributed by atoms with Crippen LogP contribution in [0.4, 0.5) is 0 Å². The van der Waals surface area contributed by atoms with E-state index < -0.39 is 6.10 Å². The van der Waals surface area contributed by atoms with Crippen LogP contribution in [0.2, 0.25) is 0 Å². The van der Waals surface area contributed by atoms with Crippen LogP contribution in [0, 0.1) is 0 Å². The number of ether oxygens (including phenoxy) is 2. The molecule has 16 heavy (non-hydrogen) atoms. The summed E-state index contributed by atoms with van der Waals surface area (Å²) in [7, 11) is 1.60. The van der Waals surface area contributed by atoms with E-state index in [-0.39, 0.29) is 0 Å². The highest BCUT2D eigenvalue weighted by Gasteiger charge is 2.12. The molecule has 1 rings (SSSR count). The number of aliphatic hydroxyl groups excluding tert-OH is 1. The highest BCUT2D eigenvalue weighted by molar-refractivity contribution is 9.10. The van der Waals surface area contributed by atoms with Crippen molar-refractivity contribution in [1.29, 1.82) is 0 Å². The Labute approximate surface area is 105 Å². The molecule has 0 bridgehead atoms. The zero-order valence-corrected chi connectivity index (χ0v) is 11.2. The maximum atomic E-state index is 9.94. The van der Waals surface area contributed by atoms with E-state index in [0.717, 1.165) is 22.2 Å². The number of methoxy groups -OCH3 is 1. The smallest absolute Gasteiger partial charge is 0.119 e. The van der Waals surface area contributed by atoms with Crippen molar-refractivity contribution >= 4 is 15.9 Å². The van der Waals surface area contributed by atoms with Crippen LogP contribution in [-0.2, 0) is 4.74 Å². The van der Waals surface area contributed by atoms with E-state index in [1.165, 1.54) is 0 Å². The molecule has 1 aromatic rings. The number of hydrogen-bond donors (Lipinski definition) is 1. The SMILES string of the molecule is CCCOCC(O)c1cc(OC)ccc1Br. The minimum Gasteiger partial charge on any atom is -0.497 e. The maximum Gasteiger partial charge on any atom is 0.119 e. The second-order valence-corrected chi connectivity index (χ2v) is 4.33. The average Bonchev–Trinajstić information content (AvgIpc) is 2.30. The van der Waals surface area contributed by atoms with Gasteiger partial charge in [-0.25, -0.2) is 0 Å². The molecule has 0 spiro atoms. The lowest BCUT2D eigenvalue weighted by Crippen LogP contribution is -2.08. The van der Waals surface area contributed by atoms with Gasteiger partial charge in [-0.2, -0.15) is 0 Å². The van der Waals surface area contributed by atoms with E-state index >= 15 is 0 Å². The van der Waals surface area contributed by atoms with E-state index in [1.807, 2.05) is 25.1 Å². The normalized spacial score (nSPS) is 12.5. The molecule has 0 saturated heterocycles. The summed E-state index contributed by atoms with van der Waals surface area (Å²) in [5.74, 6) is 0.729. The average molecular weight is 289 g/mol. The molecule has 0 radical (unpaired) electrons. The van der Waals surface area contributed by atoms with Gasteiger partial charge in [0.25, 0.3) is 0 Å². The van der Waals surface area contributed by atoms with E-state index in [4.69, 9.17) is 9.47 Å².